The number of rotatable bonds is 4. The van der Waals surface area contributed by atoms with Crippen molar-refractivity contribution in [3.8, 4) is 0 Å². The summed E-state index contributed by atoms with van der Waals surface area (Å²) in [7, 11) is 0. The molecular formula is C12H18Cl2N2O. The SMILES string of the molecule is CC(N)CC(=O)NC(C)c1ccccc1Cl.Cl. The fraction of sp³-hybridized carbons (Fsp3) is 0.417. The predicted molar refractivity (Wildman–Crippen MR) is 73.5 cm³/mol. The molecule has 2 atom stereocenters. The number of halogens is 2. The Morgan fingerprint density at radius 3 is 2.53 bits per heavy atom. The number of nitrogens with two attached hydrogens (primary N) is 1. The van der Waals surface area contributed by atoms with Gasteiger partial charge < -0.3 is 11.1 Å². The van der Waals surface area contributed by atoms with Crippen LogP contribution in [0.4, 0.5) is 0 Å². The van der Waals surface area contributed by atoms with E-state index in [-0.39, 0.29) is 30.4 Å². The summed E-state index contributed by atoms with van der Waals surface area (Å²) >= 11 is 6.03. The first-order valence-electron chi connectivity index (χ1n) is 5.30. The molecule has 1 aromatic carbocycles. The molecule has 0 bridgehead atoms. The summed E-state index contributed by atoms with van der Waals surface area (Å²) in [6.07, 6.45) is 0.328. The lowest BCUT2D eigenvalue weighted by Crippen LogP contribution is -2.31. The number of carbonyl (C=O) groups is 1. The molecule has 96 valence electrons. The van der Waals surface area contributed by atoms with Crippen LogP contribution >= 0.6 is 24.0 Å². The summed E-state index contributed by atoms with van der Waals surface area (Å²) in [6, 6.07) is 7.25. The highest BCUT2D eigenvalue weighted by atomic mass is 35.5. The van der Waals surface area contributed by atoms with Crippen molar-refractivity contribution in [3.05, 3.63) is 34.9 Å². The minimum atomic E-state index is -0.126. The van der Waals surface area contributed by atoms with E-state index in [9.17, 15) is 4.79 Å². The van der Waals surface area contributed by atoms with Crippen molar-refractivity contribution >= 4 is 29.9 Å². The van der Waals surface area contributed by atoms with Gasteiger partial charge in [0.15, 0.2) is 0 Å². The molecule has 0 fully saturated rings. The van der Waals surface area contributed by atoms with E-state index in [0.29, 0.717) is 11.4 Å². The van der Waals surface area contributed by atoms with Crippen molar-refractivity contribution in [3.63, 3.8) is 0 Å². The summed E-state index contributed by atoms with van der Waals surface area (Å²) in [4.78, 5) is 11.5. The average molecular weight is 277 g/mol. The quantitative estimate of drug-likeness (QED) is 0.889. The molecule has 5 heteroatoms. The predicted octanol–water partition coefficient (Wildman–Crippen LogP) is 2.68. The third-order valence-electron chi connectivity index (χ3n) is 2.26. The molecule has 3 N–H and O–H groups in total. The van der Waals surface area contributed by atoms with Crippen molar-refractivity contribution in [1.29, 1.82) is 0 Å². The molecule has 0 saturated carbocycles. The number of hydrogen-bond donors (Lipinski definition) is 2. The zero-order chi connectivity index (χ0) is 12.1. The number of carbonyl (C=O) groups excluding carboxylic acids is 1. The molecule has 1 aromatic rings. The molecule has 0 aliphatic rings. The Labute approximate surface area is 113 Å². The van der Waals surface area contributed by atoms with Crippen LogP contribution in [0.2, 0.25) is 5.02 Å². The molecular weight excluding hydrogens is 259 g/mol. The van der Waals surface area contributed by atoms with E-state index in [1.54, 1.807) is 6.92 Å². The lowest BCUT2D eigenvalue weighted by molar-refractivity contribution is -0.121. The van der Waals surface area contributed by atoms with Crippen LogP contribution in [0.1, 0.15) is 31.9 Å². The Bertz CT molecular complexity index is 369. The van der Waals surface area contributed by atoms with Gasteiger partial charge in [-0.2, -0.15) is 0 Å². The summed E-state index contributed by atoms with van der Waals surface area (Å²) in [5, 5.41) is 3.53. The van der Waals surface area contributed by atoms with Gasteiger partial charge >= 0.3 is 0 Å². The second-order valence-electron chi connectivity index (χ2n) is 3.99. The van der Waals surface area contributed by atoms with Crippen LogP contribution in [-0.4, -0.2) is 11.9 Å². The largest absolute Gasteiger partial charge is 0.349 e. The first-order chi connectivity index (χ1) is 7.50. The summed E-state index contributed by atoms with van der Waals surface area (Å²) < 4.78 is 0. The summed E-state index contributed by atoms with van der Waals surface area (Å²) in [6.45, 7) is 3.71. The Morgan fingerprint density at radius 1 is 1.41 bits per heavy atom. The van der Waals surface area contributed by atoms with E-state index in [2.05, 4.69) is 5.32 Å². The number of benzene rings is 1. The molecule has 1 rings (SSSR count). The first kappa shape index (κ1) is 16.2. The van der Waals surface area contributed by atoms with Crippen LogP contribution in [0.15, 0.2) is 24.3 Å². The normalized spacial score (nSPS) is 13.4. The van der Waals surface area contributed by atoms with Gasteiger partial charge in [-0.1, -0.05) is 29.8 Å². The van der Waals surface area contributed by atoms with Gasteiger partial charge in [0.2, 0.25) is 5.91 Å². The molecule has 0 heterocycles. The number of nitrogens with one attached hydrogen (secondary N) is 1. The number of hydrogen-bond acceptors (Lipinski definition) is 2. The fourth-order valence-electron chi connectivity index (χ4n) is 1.50. The van der Waals surface area contributed by atoms with E-state index >= 15 is 0 Å². The highest BCUT2D eigenvalue weighted by molar-refractivity contribution is 6.31. The van der Waals surface area contributed by atoms with Crippen LogP contribution < -0.4 is 11.1 Å². The Kier molecular flexibility index (Phi) is 7.19. The molecule has 3 nitrogen and oxygen atoms in total. The fourth-order valence-corrected chi connectivity index (χ4v) is 1.80. The average Bonchev–Trinajstić information content (AvgIpc) is 2.16. The molecule has 0 radical (unpaired) electrons. The maximum atomic E-state index is 11.5. The number of amides is 1. The summed E-state index contributed by atoms with van der Waals surface area (Å²) in [5.41, 5.74) is 6.47. The molecule has 0 saturated heterocycles. The molecule has 17 heavy (non-hydrogen) atoms. The van der Waals surface area contributed by atoms with Gasteiger partial charge in [-0.05, 0) is 25.5 Å². The first-order valence-corrected chi connectivity index (χ1v) is 5.68. The zero-order valence-corrected chi connectivity index (χ0v) is 11.5. The van der Waals surface area contributed by atoms with Crippen molar-refractivity contribution < 1.29 is 4.79 Å². The van der Waals surface area contributed by atoms with E-state index in [1.807, 2.05) is 31.2 Å². The highest BCUT2D eigenvalue weighted by Crippen LogP contribution is 2.22. The Morgan fingerprint density at radius 2 is 2.00 bits per heavy atom. The van der Waals surface area contributed by atoms with Gasteiger partial charge in [0.1, 0.15) is 0 Å². The monoisotopic (exact) mass is 276 g/mol. The lowest BCUT2D eigenvalue weighted by Gasteiger charge is -2.16. The van der Waals surface area contributed by atoms with Gasteiger partial charge in [0.25, 0.3) is 0 Å². The molecule has 0 aromatic heterocycles. The van der Waals surface area contributed by atoms with Gasteiger partial charge in [-0.25, -0.2) is 0 Å². The topological polar surface area (TPSA) is 55.1 Å². The second-order valence-corrected chi connectivity index (χ2v) is 4.40. The molecule has 0 aliphatic carbocycles. The lowest BCUT2D eigenvalue weighted by atomic mass is 10.1. The van der Waals surface area contributed by atoms with Crippen LogP contribution in [0.25, 0.3) is 0 Å². The Balaban J connectivity index is 0.00000256. The second kappa shape index (κ2) is 7.54. The smallest absolute Gasteiger partial charge is 0.222 e. The Hall–Kier alpha value is -0.770. The van der Waals surface area contributed by atoms with Gasteiger partial charge in [0, 0.05) is 17.5 Å². The van der Waals surface area contributed by atoms with Crippen LogP contribution in [0.5, 0.6) is 0 Å². The third kappa shape index (κ3) is 5.39. The third-order valence-corrected chi connectivity index (χ3v) is 2.60. The standard InChI is InChI=1S/C12H17ClN2O.ClH/c1-8(14)7-12(16)15-9(2)10-5-3-4-6-11(10)13;/h3-6,8-9H,7,14H2,1-2H3,(H,15,16);1H. The maximum Gasteiger partial charge on any atom is 0.222 e. The van der Waals surface area contributed by atoms with Crippen LogP contribution in [0, 0.1) is 0 Å². The highest BCUT2D eigenvalue weighted by Gasteiger charge is 2.12. The van der Waals surface area contributed by atoms with Crippen molar-refractivity contribution in [2.24, 2.45) is 5.73 Å². The molecule has 0 spiro atoms. The van der Waals surface area contributed by atoms with Crippen molar-refractivity contribution in [2.45, 2.75) is 32.4 Å². The van der Waals surface area contributed by atoms with Crippen molar-refractivity contribution in [1.82, 2.24) is 5.32 Å². The van der Waals surface area contributed by atoms with E-state index in [0.717, 1.165) is 5.56 Å². The van der Waals surface area contributed by atoms with Gasteiger partial charge in [-0.3, -0.25) is 4.79 Å². The minimum absolute atomic E-state index is 0. The summed E-state index contributed by atoms with van der Waals surface area (Å²) in [5.74, 6) is -0.0533. The van der Waals surface area contributed by atoms with Crippen molar-refractivity contribution in [2.75, 3.05) is 0 Å². The van der Waals surface area contributed by atoms with E-state index < -0.39 is 0 Å². The van der Waals surface area contributed by atoms with Crippen LogP contribution in [0.3, 0.4) is 0 Å². The minimum Gasteiger partial charge on any atom is -0.349 e. The zero-order valence-electron chi connectivity index (χ0n) is 9.94. The molecule has 0 aliphatic heterocycles. The van der Waals surface area contributed by atoms with E-state index in [4.69, 9.17) is 17.3 Å². The van der Waals surface area contributed by atoms with Gasteiger partial charge in [0.05, 0.1) is 6.04 Å². The molecule has 2 unspecified atom stereocenters. The molecule has 1 amide bonds. The van der Waals surface area contributed by atoms with E-state index in [1.165, 1.54) is 0 Å². The van der Waals surface area contributed by atoms with Crippen LogP contribution in [-0.2, 0) is 4.79 Å². The van der Waals surface area contributed by atoms with Gasteiger partial charge in [-0.15, -0.1) is 12.4 Å². The maximum absolute atomic E-state index is 11.5.